The third-order valence-corrected chi connectivity index (χ3v) is 2.38. The van der Waals surface area contributed by atoms with Gasteiger partial charge >= 0.3 is 0 Å². The largest absolute Gasteiger partial charge is 0.0802 e. The van der Waals surface area contributed by atoms with Crippen LogP contribution in [0.4, 0.5) is 0 Å². The van der Waals surface area contributed by atoms with Gasteiger partial charge in [-0.25, -0.2) is 0 Å². The van der Waals surface area contributed by atoms with Crippen LogP contribution in [0.5, 0.6) is 0 Å². The van der Waals surface area contributed by atoms with Gasteiger partial charge in [0.15, 0.2) is 0 Å². The second-order valence-corrected chi connectivity index (χ2v) is 3.42. The Balaban J connectivity index is 2.25. The fourth-order valence-electron chi connectivity index (χ4n) is 1.97. The molecule has 0 aromatic carbocycles. The molecule has 0 spiro atoms. The molecule has 3 aliphatic carbocycles. The van der Waals surface area contributed by atoms with E-state index in [4.69, 9.17) is 0 Å². The molecule has 0 N–H and O–H groups in total. The zero-order valence-corrected chi connectivity index (χ0v) is 5.28. The van der Waals surface area contributed by atoms with E-state index >= 15 is 0 Å². The fraction of sp³-hybridized carbons (Fsp3) is 0.750. The van der Waals surface area contributed by atoms with Crippen LogP contribution in [0.15, 0.2) is 6.08 Å². The molecule has 0 nitrogen and oxygen atoms in total. The Bertz CT molecular complexity index is 127. The minimum Gasteiger partial charge on any atom is -0.0802 e. The van der Waals surface area contributed by atoms with Gasteiger partial charge in [-0.15, -0.1) is 0 Å². The molecular formula is C8H11. The average Bonchev–Trinajstić information content (AvgIpc) is 1.63. The summed E-state index contributed by atoms with van der Waals surface area (Å²) in [6.07, 6.45) is 9.73. The van der Waals surface area contributed by atoms with Crippen LogP contribution in [0.2, 0.25) is 0 Å². The van der Waals surface area contributed by atoms with Crippen molar-refractivity contribution in [2.24, 2.45) is 11.3 Å². The maximum absolute atomic E-state index is 3.40. The third-order valence-electron chi connectivity index (χ3n) is 2.38. The summed E-state index contributed by atoms with van der Waals surface area (Å²) in [6.45, 7) is 2.30. The van der Waals surface area contributed by atoms with E-state index in [1.54, 1.807) is 0 Å². The molecule has 1 radical (unpaired) electrons. The summed E-state index contributed by atoms with van der Waals surface area (Å²) in [4.78, 5) is 0. The highest BCUT2D eigenvalue weighted by Crippen LogP contribution is 2.50. The van der Waals surface area contributed by atoms with E-state index in [9.17, 15) is 0 Å². The number of hydrogen-bond donors (Lipinski definition) is 0. The first-order valence-corrected chi connectivity index (χ1v) is 3.38. The van der Waals surface area contributed by atoms with Crippen LogP contribution in [0, 0.1) is 17.4 Å². The smallest absolute Gasteiger partial charge is 0.00701 e. The molecular weight excluding hydrogens is 96.1 g/mol. The molecule has 0 heteroatoms. The van der Waals surface area contributed by atoms with E-state index in [0.29, 0.717) is 5.41 Å². The van der Waals surface area contributed by atoms with E-state index in [0.717, 1.165) is 5.92 Å². The Morgan fingerprint density at radius 2 is 2.38 bits per heavy atom. The van der Waals surface area contributed by atoms with E-state index in [1.165, 1.54) is 19.3 Å². The van der Waals surface area contributed by atoms with E-state index in [1.807, 2.05) is 0 Å². The van der Waals surface area contributed by atoms with Gasteiger partial charge < -0.3 is 0 Å². The summed E-state index contributed by atoms with van der Waals surface area (Å²) >= 11 is 0. The molecule has 1 saturated carbocycles. The van der Waals surface area contributed by atoms with Crippen molar-refractivity contribution in [1.82, 2.24) is 0 Å². The summed E-state index contributed by atoms with van der Waals surface area (Å²) in [7, 11) is 0. The molecule has 0 saturated heterocycles. The molecule has 1 fully saturated rings. The molecule has 0 atom stereocenters. The van der Waals surface area contributed by atoms with Crippen molar-refractivity contribution in [3.8, 4) is 0 Å². The predicted molar refractivity (Wildman–Crippen MR) is 33.3 cm³/mol. The summed E-state index contributed by atoms with van der Waals surface area (Å²) in [5.74, 6) is 1.03. The van der Waals surface area contributed by atoms with Crippen molar-refractivity contribution in [2.45, 2.75) is 26.2 Å². The molecule has 8 heavy (non-hydrogen) atoms. The molecule has 3 rings (SSSR count). The molecule has 0 aromatic heterocycles. The van der Waals surface area contributed by atoms with Gasteiger partial charge in [0.25, 0.3) is 0 Å². The van der Waals surface area contributed by atoms with E-state index in [-0.39, 0.29) is 0 Å². The zero-order valence-electron chi connectivity index (χ0n) is 5.28. The first kappa shape index (κ1) is 4.60. The molecule has 0 aliphatic heterocycles. The molecule has 0 amide bonds. The van der Waals surface area contributed by atoms with Crippen LogP contribution in [0.25, 0.3) is 0 Å². The molecule has 0 heterocycles. The van der Waals surface area contributed by atoms with Gasteiger partial charge in [0.05, 0.1) is 0 Å². The van der Waals surface area contributed by atoms with E-state index in [2.05, 4.69) is 19.1 Å². The summed E-state index contributed by atoms with van der Waals surface area (Å²) < 4.78 is 0. The van der Waals surface area contributed by atoms with Crippen molar-refractivity contribution in [3.05, 3.63) is 12.2 Å². The molecule has 0 aromatic rings. The summed E-state index contributed by atoms with van der Waals surface area (Å²) in [5.41, 5.74) is 0.517. The Kier molecular flexibility index (Phi) is 0.677. The third kappa shape index (κ3) is 0.460. The van der Waals surface area contributed by atoms with Crippen LogP contribution in [-0.4, -0.2) is 0 Å². The lowest BCUT2D eigenvalue weighted by atomic mass is 9.59. The van der Waals surface area contributed by atoms with Crippen LogP contribution >= 0.6 is 0 Å². The van der Waals surface area contributed by atoms with Crippen LogP contribution < -0.4 is 0 Å². The standard InChI is InChI=1S/C8H11/c1-8-4-2-3-7(5-8)6-8/h2,7H,3,5-6H2,1H3. The van der Waals surface area contributed by atoms with Crippen molar-refractivity contribution >= 4 is 0 Å². The van der Waals surface area contributed by atoms with E-state index < -0.39 is 0 Å². The van der Waals surface area contributed by atoms with Gasteiger partial charge in [0, 0.05) is 0 Å². The Morgan fingerprint density at radius 3 is 2.62 bits per heavy atom. The van der Waals surface area contributed by atoms with Crippen molar-refractivity contribution in [3.63, 3.8) is 0 Å². The topological polar surface area (TPSA) is 0 Å². The Hall–Kier alpha value is -0.260. The first-order chi connectivity index (χ1) is 3.79. The van der Waals surface area contributed by atoms with Crippen molar-refractivity contribution in [2.75, 3.05) is 0 Å². The van der Waals surface area contributed by atoms with Gasteiger partial charge in [-0.05, 0) is 36.7 Å². The molecule has 0 unspecified atom stereocenters. The maximum Gasteiger partial charge on any atom is -0.00701 e. The Labute approximate surface area is 50.6 Å². The lowest BCUT2D eigenvalue weighted by Gasteiger charge is -2.45. The lowest BCUT2D eigenvalue weighted by Crippen LogP contribution is -2.35. The van der Waals surface area contributed by atoms with Crippen molar-refractivity contribution in [1.29, 1.82) is 0 Å². The highest BCUT2D eigenvalue weighted by Gasteiger charge is 2.40. The first-order valence-electron chi connectivity index (χ1n) is 3.38. The summed E-state index contributed by atoms with van der Waals surface area (Å²) in [5, 5.41) is 0. The lowest BCUT2D eigenvalue weighted by molar-refractivity contribution is 0.107. The van der Waals surface area contributed by atoms with Gasteiger partial charge in [0.1, 0.15) is 0 Å². The van der Waals surface area contributed by atoms with Crippen LogP contribution in [0.3, 0.4) is 0 Å². The second-order valence-electron chi connectivity index (χ2n) is 3.42. The SMILES string of the molecule is CC12[C]=CCC(C1)C2. The van der Waals surface area contributed by atoms with Crippen LogP contribution in [-0.2, 0) is 0 Å². The second kappa shape index (κ2) is 1.18. The number of hydrogen-bond acceptors (Lipinski definition) is 0. The highest BCUT2D eigenvalue weighted by atomic mass is 14.4. The fourth-order valence-corrected chi connectivity index (χ4v) is 1.97. The highest BCUT2D eigenvalue weighted by molar-refractivity contribution is 5.06. The minimum absolute atomic E-state index is 0.517. The maximum atomic E-state index is 3.40. The van der Waals surface area contributed by atoms with Gasteiger partial charge in [-0.1, -0.05) is 13.0 Å². The molecule has 43 valence electrons. The summed E-state index contributed by atoms with van der Waals surface area (Å²) in [6, 6.07) is 0. The quantitative estimate of drug-likeness (QED) is 0.445. The Morgan fingerprint density at radius 1 is 1.62 bits per heavy atom. The number of allylic oxidation sites excluding steroid dienone is 2. The normalized spacial score (nSPS) is 50.9. The van der Waals surface area contributed by atoms with Gasteiger partial charge in [-0.3, -0.25) is 0 Å². The number of fused-ring (bicyclic) bond motifs is 1. The monoisotopic (exact) mass is 107 g/mol. The predicted octanol–water partition coefficient (Wildman–Crippen LogP) is 2.17. The number of rotatable bonds is 0. The van der Waals surface area contributed by atoms with Crippen LogP contribution in [0.1, 0.15) is 26.2 Å². The van der Waals surface area contributed by atoms with Gasteiger partial charge in [-0.2, -0.15) is 0 Å². The van der Waals surface area contributed by atoms with Gasteiger partial charge in [0.2, 0.25) is 0 Å². The minimum atomic E-state index is 0.517. The average molecular weight is 107 g/mol. The zero-order chi connectivity index (χ0) is 5.61. The molecule has 3 aliphatic rings. The van der Waals surface area contributed by atoms with Crippen molar-refractivity contribution < 1.29 is 0 Å². The molecule has 2 bridgehead atoms.